The monoisotopic (exact) mass is 449 g/mol. The molecule has 1 heterocycles. The van der Waals surface area contributed by atoms with Crippen molar-refractivity contribution >= 4 is 60.5 Å². The largest absolute Gasteiger partial charge is 0.455 e. The summed E-state index contributed by atoms with van der Waals surface area (Å²) in [5, 5.41) is 6.97. The van der Waals surface area contributed by atoms with Crippen molar-refractivity contribution in [2.45, 2.75) is 6.92 Å². The molecular weight excluding hydrogens is 426 g/mol. The van der Waals surface area contributed by atoms with Gasteiger partial charge in [0, 0.05) is 32.9 Å². The molecule has 0 aliphatic carbocycles. The maximum absolute atomic E-state index is 6.53. The van der Waals surface area contributed by atoms with E-state index in [1.165, 1.54) is 22.0 Å². The van der Waals surface area contributed by atoms with Crippen LogP contribution in [-0.2, 0) is 0 Å². The second kappa shape index (κ2) is 7.75. The maximum atomic E-state index is 6.53. The first-order valence-corrected chi connectivity index (χ1v) is 12.0. The van der Waals surface area contributed by atoms with Crippen LogP contribution in [0.25, 0.3) is 43.5 Å². The molecule has 0 N–H and O–H groups in total. The molecule has 35 heavy (non-hydrogen) atoms. The molecular formula is C33H23NO. The van der Waals surface area contributed by atoms with Gasteiger partial charge in [-0.3, -0.25) is 0 Å². The molecule has 0 spiro atoms. The quantitative estimate of drug-likeness (QED) is 0.267. The van der Waals surface area contributed by atoms with Crippen LogP contribution in [0.3, 0.4) is 0 Å². The van der Waals surface area contributed by atoms with Gasteiger partial charge in [-0.2, -0.15) is 0 Å². The van der Waals surface area contributed by atoms with E-state index in [9.17, 15) is 0 Å². The number of hydrogen-bond donors (Lipinski definition) is 0. The van der Waals surface area contributed by atoms with E-state index in [-0.39, 0.29) is 0 Å². The molecule has 1 aromatic heterocycles. The van der Waals surface area contributed by atoms with Crippen molar-refractivity contribution in [3.8, 4) is 0 Å². The van der Waals surface area contributed by atoms with Gasteiger partial charge in [0.15, 0.2) is 0 Å². The number of anilines is 3. The third kappa shape index (κ3) is 3.11. The minimum atomic E-state index is 0.920. The standard InChI is InChI=1S/C33H23NO/c1-22-11-5-10-18-30(22)34(25-14-3-2-4-15-25)31-21-29-28-19-23-12-6-7-13-24(23)20-32(28)35-33(29)27-17-9-8-16-26(27)31/h2-21H,1H3. The molecule has 7 aromatic rings. The normalized spacial score (nSPS) is 11.6. The minimum absolute atomic E-state index is 0.920. The summed E-state index contributed by atoms with van der Waals surface area (Å²) in [4.78, 5) is 2.37. The summed E-state index contributed by atoms with van der Waals surface area (Å²) in [6.45, 7) is 2.17. The Balaban J connectivity index is 1.62. The molecule has 0 atom stereocenters. The Kier molecular flexibility index (Phi) is 4.40. The molecule has 2 heteroatoms. The second-order valence-electron chi connectivity index (χ2n) is 9.07. The average molecular weight is 450 g/mol. The van der Waals surface area contributed by atoms with Crippen LogP contribution in [-0.4, -0.2) is 0 Å². The molecule has 0 aliphatic rings. The average Bonchev–Trinajstić information content (AvgIpc) is 3.27. The van der Waals surface area contributed by atoms with Crippen LogP contribution in [0.2, 0.25) is 0 Å². The van der Waals surface area contributed by atoms with Gasteiger partial charge in [-0.15, -0.1) is 0 Å². The minimum Gasteiger partial charge on any atom is -0.455 e. The lowest BCUT2D eigenvalue weighted by atomic mass is 10.0. The highest BCUT2D eigenvalue weighted by Crippen LogP contribution is 2.45. The van der Waals surface area contributed by atoms with Crippen molar-refractivity contribution in [2.75, 3.05) is 4.90 Å². The molecule has 0 saturated carbocycles. The van der Waals surface area contributed by atoms with Gasteiger partial charge in [-0.05, 0) is 59.7 Å². The SMILES string of the molecule is Cc1ccccc1N(c1ccccc1)c1cc2c3cc4ccccc4cc3oc2c2ccccc12. The molecule has 0 bridgehead atoms. The fraction of sp³-hybridized carbons (Fsp3) is 0.0303. The zero-order valence-corrected chi connectivity index (χ0v) is 19.4. The third-order valence-electron chi connectivity index (χ3n) is 6.94. The van der Waals surface area contributed by atoms with E-state index in [2.05, 4.69) is 133 Å². The van der Waals surface area contributed by atoms with Gasteiger partial charge in [-0.1, -0.05) is 84.9 Å². The maximum Gasteiger partial charge on any atom is 0.143 e. The van der Waals surface area contributed by atoms with Crippen molar-refractivity contribution in [1.82, 2.24) is 0 Å². The van der Waals surface area contributed by atoms with Gasteiger partial charge in [-0.25, -0.2) is 0 Å². The first-order chi connectivity index (χ1) is 17.3. The van der Waals surface area contributed by atoms with Crippen LogP contribution in [0.5, 0.6) is 0 Å². The first kappa shape index (κ1) is 19.9. The lowest BCUT2D eigenvalue weighted by molar-refractivity contribution is 0.673. The summed E-state index contributed by atoms with van der Waals surface area (Å²) in [6.07, 6.45) is 0. The third-order valence-corrected chi connectivity index (χ3v) is 6.94. The van der Waals surface area contributed by atoms with Gasteiger partial charge in [0.25, 0.3) is 0 Å². The number of nitrogens with zero attached hydrogens (tertiary/aromatic N) is 1. The van der Waals surface area contributed by atoms with Gasteiger partial charge in [0.05, 0.1) is 5.69 Å². The van der Waals surface area contributed by atoms with E-state index >= 15 is 0 Å². The fourth-order valence-corrected chi connectivity index (χ4v) is 5.25. The lowest BCUT2D eigenvalue weighted by Gasteiger charge is -2.28. The highest BCUT2D eigenvalue weighted by molar-refractivity contribution is 6.21. The molecule has 0 amide bonds. The zero-order chi connectivity index (χ0) is 23.4. The molecule has 6 aromatic carbocycles. The van der Waals surface area contributed by atoms with Crippen molar-refractivity contribution in [2.24, 2.45) is 0 Å². The Hall–Kier alpha value is -4.56. The number of hydrogen-bond acceptors (Lipinski definition) is 2. The smallest absolute Gasteiger partial charge is 0.143 e. The van der Waals surface area contributed by atoms with E-state index in [1.807, 2.05) is 0 Å². The van der Waals surface area contributed by atoms with E-state index < -0.39 is 0 Å². The Bertz CT molecular complexity index is 1860. The van der Waals surface area contributed by atoms with Crippen LogP contribution >= 0.6 is 0 Å². The molecule has 0 fully saturated rings. The highest BCUT2D eigenvalue weighted by atomic mass is 16.3. The highest BCUT2D eigenvalue weighted by Gasteiger charge is 2.21. The van der Waals surface area contributed by atoms with Crippen LogP contribution in [0.4, 0.5) is 17.1 Å². The Morgan fingerprint density at radius 2 is 1.17 bits per heavy atom. The molecule has 0 radical (unpaired) electrons. The van der Waals surface area contributed by atoms with Gasteiger partial charge in [0.1, 0.15) is 11.2 Å². The topological polar surface area (TPSA) is 16.4 Å². The fourth-order valence-electron chi connectivity index (χ4n) is 5.25. The summed E-state index contributed by atoms with van der Waals surface area (Å²) < 4.78 is 6.53. The van der Waals surface area contributed by atoms with Crippen molar-refractivity contribution in [3.05, 3.63) is 127 Å². The first-order valence-electron chi connectivity index (χ1n) is 12.0. The summed E-state index contributed by atoms with van der Waals surface area (Å²) in [5.74, 6) is 0. The molecule has 0 aliphatic heterocycles. The zero-order valence-electron chi connectivity index (χ0n) is 19.4. The summed E-state index contributed by atoms with van der Waals surface area (Å²) >= 11 is 0. The second-order valence-corrected chi connectivity index (χ2v) is 9.07. The lowest BCUT2D eigenvalue weighted by Crippen LogP contribution is -2.11. The number of benzene rings is 6. The van der Waals surface area contributed by atoms with E-state index in [0.717, 1.165) is 44.1 Å². The molecule has 0 saturated heterocycles. The number of aryl methyl sites for hydroxylation is 1. The number of rotatable bonds is 3. The van der Waals surface area contributed by atoms with Crippen molar-refractivity contribution in [3.63, 3.8) is 0 Å². The Labute approximate surface area is 203 Å². The molecule has 0 unspecified atom stereocenters. The van der Waals surface area contributed by atoms with Crippen LogP contribution in [0, 0.1) is 6.92 Å². The van der Waals surface area contributed by atoms with Gasteiger partial charge >= 0.3 is 0 Å². The molecule has 2 nitrogen and oxygen atoms in total. The summed E-state index contributed by atoms with van der Waals surface area (Å²) in [6, 6.07) is 42.9. The van der Waals surface area contributed by atoms with Crippen molar-refractivity contribution < 1.29 is 4.42 Å². The number of fused-ring (bicyclic) bond motifs is 6. The van der Waals surface area contributed by atoms with Gasteiger partial charge < -0.3 is 9.32 Å². The predicted octanol–water partition coefficient (Wildman–Crippen LogP) is 9.67. The Morgan fingerprint density at radius 3 is 1.97 bits per heavy atom. The van der Waals surface area contributed by atoms with Gasteiger partial charge in [0.2, 0.25) is 0 Å². The van der Waals surface area contributed by atoms with E-state index in [4.69, 9.17) is 4.42 Å². The number of furan rings is 1. The molecule has 7 rings (SSSR count). The van der Waals surface area contributed by atoms with Crippen LogP contribution in [0.1, 0.15) is 5.56 Å². The predicted molar refractivity (Wildman–Crippen MR) is 148 cm³/mol. The summed E-state index contributed by atoms with van der Waals surface area (Å²) in [5.41, 5.74) is 6.52. The van der Waals surface area contributed by atoms with Crippen molar-refractivity contribution in [1.29, 1.82) is 0 Å². The van der Waals surface area contributed by atoms with Crippen LogP contribution in [0.15, 0.2) is 126 Å². The van der Waals surface area contributed by atoms with E-state index in [1.54, 1.807) is 0 Å². The number of para-hydroxylation sites is 2. The summed E-state index contributed by atoms with van der Waals surface area (Å²) in [7, 11) is 0. The Morgan fingerprint density at radius 1 is 0.514 bits per heavy atom. The molecule has 166 valence electrons. The van der Waals surface area contributed by atoms with Crippen LogP contribution < -0.4 is 4.90 Å². The van der Waals surface area contributed by atoms with E-state index in [0.29, 0.717) is 0 Å².